The molecule has 0 radical (unpaired) electrons. The largest absolute Gasteiger partial charge is 0.385 e. The number of urea groups is 1. The van der Waals surface area contributed by atoms with Crippen LogP contribution < -0.4 is 5.32 Å². The van der Waals surface area contributed by atoms with Gasteiger partial charge in [0.25, 0.3) is 0 Å². The number of amides is 2. The molecule has 1 fully saturated rings. The van der Waals surface area contributed by atoms with Gasteiger partial charge in [0.1, 0.15) is 0 Å². The molecule has 1 saturated heterocycles. The van der Waals surface area contributed by atoms with Gasteiger partial charge >= 0.3 is 6.03 Å². The number of fused-ring (bicyclic) bond motifs is 1. The zero-order valence-corrected chi connectivity index (χ0v) is 13.0. The Kier molecular flexibility index (Phi) is 4.63. The zero-order chi connectivity index (χ0) is 15.4. The van der Waals surface area contributed by atoms with Gasteiger partial charge in [-0.25, -0.2) is 4.79 Å². The third-order valence-electron chi connectivity index (χ3n) is 4.35. The fourth-order valence-corrected chi connectivity index (χ4v) is 3.15. The molecule has 22 heavy (non-hydrogen) atoms. The topological polar surface area (TPSA) is 57.4 Å². The molecule has 0 unspecified atom stereocenters. The van der Waals surface area contributed by atoms with Crippen molar-refractivity contribution in [1.82, 2.24) is 9.88 Å². The molecular weight excluding hydrogens is 278 g/mol. The average molecular weight is 301 g/mol. The lowest BCUT2D eigenvalue weighted by atomic mass is 10.00. The smallest absolute Gasteiger partial charge is 0.322 e. The van der Waals surface area contributed by atoms with Crippen LogP contribution in [-0.4, -0.2) is 42.2 Å². The van der Waals surface area contributed by atoms with Crippen LogP contribution in [0.15, 0.2) is 30.5 Å². The highest BCUT2D eigenvalue weighted by Gasteiger charge is 2.26. The molecule has 1 aromatic heterocycles. The molecule has 2 N–H and O–H groups in total. The lowest BCUT2D eigenvalue weighted by Crippen LogP contribution is -2.46. The summed E-state index contributed by atoms with van der Waals surface area (Å²) in [5, 5.41) is 4.14. The molecule has 0 aliphatic carbocycles. The summed E-state index contributed by atoms with van der Waals surface area (Å²) in [6, 6.07) is 8.21. The van der Waals surface area contributed by atoms with Crippen LogP contribution in [0.25, 0.3) is 10.9 Å². The number of rotatable bonds is 4. The van der Waals surface area contributed by atoms with Gasteiger partial charge in [-0.05, 0) is 49.9 Å². The van der Waals surface area contributed by atoms with Crippen LogP contribution in [0.3, 0.4) is 0 Å². The van der Waals surface area contributed by atoms with E-state index >= 15 is 0 Å². The van der Waals surface area contributed by atoms with Crippen molar-refractivity contribution in [2.24, 2.45) is 0 Å². The van der Waals surface area contributed by atoms with Crippen LogP contribution in [-0.2, 0) is 4.74 Å². The number of carbonyl (C=O) groups excluding carboxylic acids is 1. The van der Waals surface area contributed by atoms with Gasteiger partial charge in [-0.3, -0.25) is 0 Å². The van der Waals surface area contributed by atoms with Crippen LogP contribution in [0.4, 0.5) is 10.5 Å². The summed E-state index contributed by atoms with van der Waals surface area (Å²) < 4.78 is 5.17. The third-order valence-corrected chi connectivity index (χ3v) is 4.35. The van der Waals surface area contributed by atoms with E-state index in [1.807, 2.05) is 35.4 Å². The van der Waals surface area contributed by atoms with E-state index in [1.165, 1.54) is 6.42 Å². The number of aromatic amines is 1. The first-order valence-electron chi connectivity index (χ1n) is 7.91. The second-order valence-corrected chi connectivity index (χ2v) is 5.83. The van der Waals surface area contributed by atoms with E-state index in [4.69, 9.17) is 4.74 Å². The average Bonchev–Trinajstić information content (AvgIpc) is 3.00. The number of hydrogen-bond donors (Lipinski definition) is 2. The minimum absolute atomic E-state index is 0.00399. The maximum Gasteiger partial charge on any atom is 0.322 e. The molecule has 2 aromatic rings. The number of carbonyl (C=O) groups is 1. The van der Waals surface area contributed by atoms with Gasteiger partial charge in [0.05, 0.1) is 0 Å². The highest BCUT2D eigenvalue weighted by molar-refractivity contribution is 5.93. The highest BCUT2D eigenvalue weighted by Crippen LogP contribution is 2.22. The Morgan fingerprint density at radius 3 is 3.18 bits per heavy atom. The predicted octanol–water partition coefficient (Wildman–Crippen LogP) is 3.59. The molecule has 0 saturated carbocycles. The summed E-state index contributed by atoms with van der Waals surface area (Å²) in [5.74, 6) is 0. The number of nitrogens with one attached hydrogen (secondary N) is 2. The van der Waals surface area contributed by atoms with Gasteiger partial charge in [0.15, 0.2) is 0 Å². The molecule has 2 heterocycles. The van der Waals surface area contributed by atoms with Crippen molar-refractivity contribution in [3.63, 3.8) is 0 Å². The predicted molar refractivity (Wildman–Crippen MR) is 88.2 cm³/mol. The molecule has 3 rings (SSSR count). The second-order valence-electron chi connectivity index (χ2n) is 5.83. The highest BCUT2D eigenvalue weighted by atomic mass is 16.5. The first-order chi connectivity index (χ1) is 10.8. The van der Waals surface area contributed by atoms with Crippen molar-refractivity contribution in [1.29, 1.82) is 0 Å². The number of nitrogens with zero attached hydrogens (tertiary/aromatic N) is 1. The number of likely N-dealkylation sites (tertiary alicyclic amines) is 1. The Hall–Kier alpha value is -2.01. The fraction of sp³-hybridized carbons (Fsp3) is 0.471. The van der Waals surface area contributed by atoms with Crippen LogP contribution in [0.2, 0.25) is 0 Å². The number of aromatic nitrogens is 1. The number of methoxy groups -OCH3 is 1. The summed E-state index contributed by atoms with van der Waals surface area (Å²) in [7, 11) is 1.71. The molecule has 1 aliphatic rings. The van der Waals surface area contributed by atoms with E-state index in [-0.39, 0.29) is 12.1 Å². The maximum atomic E-state index is 12.6. The summed E-state index contributed by atoms with van der Waals surface area (Å²) in [6.07, 6.45) is 6.14. The molecule has 118 valence electrons. The van der Waals surface area contributed by atoms with Gasteiger partial charge in [-0.15, -0.1) is 0 Å². The second kappa shape index (κ2) is 6.83. The molecule has 5 heteroatoms. The molecule has 1 aromatic carbocycles. The van der Waals surface area contributed by atoms with Gasteiger partial charge in [-0.2, -0.15) is 0 Å². The van der Waals surface area contributed by atoms with E-state index in [0.29, 0.717) is 6.61 Å². The van der Waals surface area contributed by atoms with Crippen molar-refractivity contribution in [2.45, 2.75) is 31.7 Å². The molecule has 2 amide bonds. The van der Waals surface area contributed by atoms with E-state index < -0.39 is 0 Å². The van der Waals surface area contributed by atoms with Crippen molar-refractivity contribution in [2.75, 3.05) is 25.6 Å². The van der Waals surface area contributed by atoms with Crippen LogP contribution in [0, 0.1) is 0 Å². The van der Waals surface area contributed by atoms with E-state index in [0.717, 1.165) is 42.4 Å². The van der Waals surface area contributed by atoms with Crippen LogP contribution in [0.1, 0.15) is 25.7 Å². The van der Waals surface area contributed by atoms with Gasteiger partial charge in [-0.1, -0.05) is 0 Å². The lowest BCUT2D eigenvalue weighted by Gasteiger charge is -2.35. The van der Waals surface area contributed by atoms with Gasteiger partial charge in [0, 0.05) is 49.1 Å². The lowest BCUT2D eigenvalue weighted by molar-refractivity contribution is 0.123. The minimum Gasteiger partial charge on any atom is -0.385 e. The summed E-state index contributed by atoms with van der Waals surface area (Å²) in [5.41, 5.74) is 1.92. The summed E-state index contributed by atoms with van der Waals surface area (Å²) in [4.78, 5) is 17.7. The van der Waals surface area contributed by atoms with Crippen molar-refractivity contribution < 1.29 is 9.53 Å². The van der Waals surface area contributed by atoms with Crippen molar-refractivity contribution >= 4 is 22.6 Å². The first-order valence-corrected chi connectivity index (χ1v) is 7.91. The first kappa shape index (κ1) is 14.9. The Balaban J connectivity index is 1.68. The number of benzene rings is 1. The minimum atomic E-state index is -0.00399. The monoisotopic (exact) mass is 301 g/mol. The number of piperidine rings is 1. The SMILES string of the molecule is COCC[C@H]1CCCCN1C(=O)Nc1ccc2[nH]ccc2c1. The normalized spacial score (nSPS) is 18.6. The number of hydrogen-bond acceptors (Lipinski definition) is 2. The third kappa shape index (κ3) is 3.25. The van der Waals surface area contributed by atoms with Crippen LogP contribution >= 0.6 is 0 Å². The van der Waals surface area contributed by atoms with Crippen molar-refractivity contribution in [3.05, 3.63) is 30.5 Å². The molecule has 0 bridgehead atoms. The quantitative estimate of drug-likeness (QED) is 0.906. The fourth-order valence-electron chi connectivity index (χ4n) is 3.15. The Bertz CT molecular complexity index is 638. The van der Waals surface area contributed by atoms with E-state index in [1.54, 1.807) is 7.11 Å². The van der Waals surface area contributed by atoms with E-state index in [9.17, 15) is 4.79 Å². The van der Waals surface area contributed by atoms with Crippen LogP contribution in [0.5, 0.6) is 0 Å². The molecule has 1 atom stereocenters. The summed E-state index contributed by atoms with van der Waals surface area (Å²) in [6.45, 7) is 1.52. The Labute approximate surface area is 130 Å². The standard InChI is InChI=1S/C17H23N3O2/c1-22-11-8-15-4-2-3-10-20(15)17(21)19-14-5-6-16-13(12-14)7-9-18-16/h5-7,9,12,15,18H,2-4,8,10-11H2,1H3,(H,19,21)/t15-/m1/s1. The summed E-state index contributed by atoms with van der Waals surface area (Å²) >= 11 is 0. The molecule has 1 aliphatic heterocycles. The van der Waals surface area contributed by atoms with E-state index in [2.05, 4.69) is 10.3 Å². The van der Waals surface area contributed by atoms with Gasteiger partial charge in [0.2, 0.25) is 0 Å². The van der Waals surface area contributed by atoms with Gasteiger partial charge < -0.3 is 19.9 Å². The Morgan fingerprint density at radius 2 is 2.32 bits per heavy atom. The van der Waals surface area contributed by atoms with Crippen molar-refractivity contribution in [3.8, 4) is 0 Å². The zero-order valence-electron chi connectivity index (χ0n) is 13.0. The maximum absolute atomic E-state index is 12.6. The molecular formula is C17H23N3O2. The number of anilines is 1. The Morgan fingerprint density at radius 1 is 1.41 bits per heavy atom. The molecule has 5 nitrogen and oxygen atoms in total. The number of ether oxygens (including phenoxy) is 1. The molecule has 0 spiro atoms. The number of H-pyrrole nitrogens is 1.